The first-order valence-electron chi connectivity index (χ1n) is 10.3. The molecule has 5 rings (SSSR count). The van der Waals surface area contributed by atoms with Gasteiger partial charge >= 0.3 is 0 Å². The van der Waals surface area contributed by atoms with Crippen LogP contribution in [0.25, 0.3) is 10.2 Å². The molecule has 1 atom stereocenters. The van der Waals surface area contributed by atoms with Crippen molar-refractivity contribution in [3.8, 4) is 0 Å². The number of aromatic nitrogens is 1. The number of thiazole rings is 1. The molecule has 0 spiro atoms. The summed E-state index contributed by atoms with van der Waals surface area (Å²) in [5, 5.41) is 2.32. The Morgan fingerprint density at radius 3 is 2.59 bits per heavy atom. The van der Waals surface area contributed by atoms with Gasteiger partial charge in [0.25, 0.3) is 10.0 Å². The van der Waals surface area contributed by atoms with Gasteiger partial charge in [0.1, 0.15) is 10.3 Å². The summed E-state index contributed by atoms with van der Waals surface area (Å²) >= 11 is 2.62. The maximum absolute atomic E-state index is 13.8. The van der Waals surface area contributed by atoms with E-state index in [0.29, 0.717) is 31.1 Å². The normalized spacial score (nSPS) is 17.1. The first-order valence-corrected chi connectivity index (χ1v) is 13.4. The maximum atomic E-state index is 13.8. The van der Waals surface area contributed by atoms with Crippen LogP contribution in [0.3, 0.4) is 0 Å². The van der Waals surface area contributed by atoms with Crippen LogP contribution >= 0.6 is 22.7 Å². The van der Waals surface area contributed by atoms with Crippen LogP contribution in [0, 0.1) is 0 Å². The van der Waals surface area contributed by atoms with Gasteiger partial charge < -0.3 is 0 Å². The van der Waals surface area contributed by atoms with Gasteiger partial charge in [-0.25, -0.2) is 13.4 Å². The third-order valence-electron chi connectivity index (χ3n) is 5.51. The molecule has 0 aliphatic carbocycles. The van der Waals surface area contributed by atoms with Gasteiger partial charge in [-0.05, 0) is 42.0 Å². The Labute approximate surface area is 194 Å². The summed E-state index contributed by atoms with van der Waals surface area (Å²) < 4.78 is 29.1. The fraction of sp³-hybridized carbons (Fsp3) is 0.217. The summed E-state index contributed by atoms with van der Waals surface area (Å²) in [6.07, 6.45) is 1.15. The zero-order valence-electron chi connectivity index (χ0n) is 17.1. The predicted octanol–water partition coefficient (Wildman–Crippen LogP) is 4.74. The Morgan fingerprint density at radius 1 is 1.06 bits per heavy atom. The minimum absolute atomic E-state index is 0.231. The molecule has 4 aromatic rings. The average Bonchev–Trinajstić information content (AvgIpc) is 3.57. The Morgan fingerprint density at radius 2 is 1.84 bits per heavy atom. The molecule has 9 heteroatoms. The molecule has 0 unspecified atom stereocenters. The van der Waals surface area contributed by atoms with Gasteiger partial charge in [0, 0.05) is 6.54 Å². The third-order valence-corrected chi connectivity index (χ3v) is 9.85. The van der Waals surface area contributed by atoms with E-state index in [9.17, 15) is 13.2 Å². The van der Waals surface area contributed by atoms with Gasteiger partial charge in [0.05, 0.1) is 16.8 Å². The molecule has 1 aliphatic heterocycles. The number of anilines is 1. The number of carbonyl (C=O) groups excluding carboxylic acids is 1. The summed E-state index contributed by atoms with van der Waals surface area (Å²) in [5.41, 5.74) is 1.79. The van der Waals surface area contributed by atoms with Crippen LogP contribution in [0.5, 0.6) is 0 Å². The minimum atomic E-state index is -3.72. The molecule has 0 bridgehead atoms. The largest absolute Gasteiger partial charge is 0.282 e. The molecule has 2 aromatic carbocycles. The minimum Gasteiger partial charge on any atom is -0.282 e. The van der Waals surface area contributed by atoms with Crippen LogP contribution in [0.15, 0.2) is 76.3 Å². The van der Waals surface area contributed by atoms with Crippen LogP contribution in [0.2, 0.25) is 0 Å². The van der Waals surface area contributed by atoms with Gasteiger partial charge in [-0.15, -0.1) is 11.3 Å². The number of rotatable bonds is 6. The second-order valence-corrected chi connectivity index (χ2v) is 11.7. The molecule has 0 saturated carbocycles. The van der Waals surface area contributed by atoms with Crippen molar-refractivity contribution < 1.29 is 13.2 Å². The first-order chi connectivity index (χ1) is 15.5. The number of hydrogen-bond acceptors (Lipinski definition) is 6. The quantitative estimate of drug-likeness (QED) is 0.397. The van der Waals surface area contributed by atoms with Crippen LogP contribution in [0.1, 0.15) is 18.4 Å². The molecule has 3 heterocycles. The first kappa shape index (κ1) is 21.3. The van der Waals surface area contributed by atoms with E-state index in [1.807, 2.05) is 54.6 Å². The summed E-state index contributed by atoms with van der Waals surface area (Å²) in [7, 11) is -3.72. The molecule has 0 N–H and O–H groups in total. The van der Waals surface area contributed by atoms with Crippen LogP contribution in [-0.2, 0) is 21.4 Å². The second kappa shape index (κ2) is 8.74. The summed E-state index contributed by atoms with van der Waals surface area (Å²) in [4.78, 5) is 20.2. The predicted molar refractivity (Wildman–Crippen MR) is 128 cm³/mol. The molecular formula is C23H21N3O3S3. The highest BCUT2D eigenvalue weighted by molar-refractivity contribution is 7.91. The van der Waals surface area contributed by atoms with E-state index in [1.54, 1.807) is 22.4 Å². The highest BCUT2D eigenvalue weighted by atomic mass is 32.2. The highest BCUT2D eigenvalue weighted by Gasteiger charge is 2.42. The number of hydrogen-bond donors (Lipinski definition) is 0. The average molecular weight is 484 g/mol. The Hall–Kier alpha value is -2.59. The zero-order chi connectivity index (χ0) is 22.1. The number of sulfonamides is 1. The van der Waals surface area contributed by atoms with Crippen molar-refractivity contribution >= 4 is 54.0 Å². The lowest BCUT2D eigenvalue weighted by Gasteiger charge is -2.28. The molecule has 0 radical (unpaired) electrons. The number of amides is 1. The van der Waals surface area contributed by atoms with Gasteiger partial charge in [0.2, 0.25) is 5.91 Å². The van der Waals surface area contributed by atoms with Crippen molar-refractivity contribution in [1.82, 2.24) is 9.29 Å². The van der Waals surface area contributed by atoms with Crippen molar-refractivity contribution in [3.63, 3.8) is 0 Å². The lowest BCUT2D eigenvalue weighted by Crippen LogP contribution is -2.47. The third kappa shape index (κ3) is 3.97. The van der Waals surface area contributed by atoms with E-state index in [-0.39, 0.29) is 10.1 Å². The van der Waals surface area contributed by atoms with E-state index < -0.39 is 16.1 Å². The van der Waals surface area contributed by atoms with Crippen LogP contribution in [-0.4, -0.2) is 36.2 Å². The Bertz CT molecular complexity index is 1300. The topological polar surface area (TPSA) is 70.6 Å². The Balaban J connectivity index is 1.52. The lowest BCUT2D eigenvalue weighted by atomic mass is 10.1. The highest BCUT2D eigenvalue weighted by Crippen LogP contribution is 2.34. The van der Waals surface area contributed by atoms with Gasteiger partial charge in [-0.2, -0.15) is 4.31 Å². The SMILES string of the molecule is O=C([C@H]1CCCN1S(=O)(=O)c1cccs1)N(Cc1ccccc1)c1nc2ccccc2s1. The fourth-order valence-corrected chi connectivity index (χ4v) is 7.70. The molecular weight excluding hydrogens is 462 g/mol. The molecule has 1 saturated heterocycles. The van der Waals surface area contributed by atoms with E-state index in [0.717, 1.165) is 15.8 Å². The van der Waals surface area contributed by atoms with Crippen molar-refractivity contribution in [2.24, 2.45) is 0 Å². The monoisotopic (exact) mass is 483 g/mol. The maximum Gasteiger partial charge on any atom is 0.253 e. The number of thiophene rings is 1. The van der Waals surface area contributed by atoms with E-state index >= 15 is 0 Å². The molecule has 2 aromatic heterocycles. The Kier molecular flexibility index (Phi) is 5.81. The van der Waals surface area contributed by atoms with E-state index in [4.69, 9.17) is 4.98 Å². The van der Waals surface area contributed by atoms with Crippen molar-refractivity contribution in [2.75, 3.05) is 11.4 Å². The zero-order valence-corrected chi connectivity index (χ0v) is 19.6. The smallest absolute Gasteiger partial charge is 0.253 e. The molecule has 32 heavy (non-hydrogen) atoms. The second-order valence-electron chi connectivity index (χ2n) is 7.58. The van der Waals surface area contributed by atoms with Crippen molar-refractivity contribution in [2.45, 2.75) is 29.6 Å². The molecule has 1 fully saturated rings. The molecule has 1 aliphatic rings. The van der Waals surface area contributed by atoms with E-state index in [1.165, 1.54) is 27.0 Å². The van der Waals surface area contributed by atoms with Crippen molar-refractivity contribution in [3.05, 3.63) is 77.7 Å². The standard InChI is InChI=1S/C23H21N3O3S3/c27-22(19-11-6-14-26(19)32(28,29)21-13-7-15-30-21)25(16-17-8-2-1-3-9-17)23-24-18-10-4-5-12-20(18)31-23/h1-5,7-10,12-13,15,19H,6,11,14,16H2/t19-/m1/s1. The summed E-state index contributed by atoms with van der Waals surface area (Å²) in [5.74, 6) is -0.231. The number of carbonyl (C=O) groups is 1. The number of benzene rings is 2. The number of nitrogens with zero attached hydrogens (tertiary/aromatic N) is 3. The summed E-state index contributed by atoms with van der Waals surface area (Å²) in [6, 6.07) is 20.0. The lowest BCUT2D eigenvalue weighted by molar-refractivity contribution is -0.121. The van der Waals surface area contributed by atoms with Crippen LogP contribution < -0.4 is 4.90 Å². The van der Waals surface area contributed by atoms with Gasteiger partial charge in [-0.3, -0.25) is 9.69 Å². The van der Waals surface area contributed by atoms with Crippen LogP contribution in [0.4, 0.5) is 5.13 Å². The van der Waals surface area contributed by atoms with E-state index in [2.05, 4.69) is 0 Å². The molecule has 164 valence electrons. The van der Waals surface area contributed by atoms with Gasteiger partial charge in [0.15, 0.2) is 5.13 Å². The number of para-hydroxylation sites is 1. The molecule has 1 amide bonds. The van der Waals surface area contributed by atoms with Crippen molar-refractivity contribution in [1.29, 1.82) is 0 Å². The van der Waals surface area contributed by atoms with Gasteiger partial charge in [-0.1, -0.05) is 59.9 Å². The number of fused-ring (bicyclic) bond motifs is 1. The molecule has 6 nitrogen and oxygen atoms in total. The summed E-state index contributed by atoms with van der Waals surface area (Å²) in [6.45, 7) is 0.679. The fourth-order valence-electron chi connectivity index (χ4n) is 3.96.